The normalized spacial score (nSPS) is 14.9. The molecule has 0 amide bonds. The van der Waals surface area contributed by atoms with Gasteiger partial charge in [-0.3, -0.25) is 4.90 Å². The summed E-state index contributed by atoms with van der Waals surface area (Å²) < 4.78 is 0. The van der Waals surface area contributed by atoms with E-state index in [0.717, 1.165) is 26.2 Å². The lowest BCUT2D eigenvalue weighted by molar-refractivity contribution is 0.183. The summed E-state index contributed by atoms with van der Waals surface area (Å²) in [5.74, 6) is 0. The van der Waals surface area contributed by atoms with E-state index in [1.165, 1.54) is 12.8 Å². The lowest BCUT2D eigenvalue weighted by atomic mass is 9.85. The summed E-state index contributed by atoms with van der Waals surface area (Å²) in [4.78, 5) is 2.34. The van der Waals surface area contributed by atoms with E-state index in [9.17, 15) is 0 Å². The van der Waals surface area contributed by atoms with E-state index in [1.54, 1.807) is 0 Å². The van der Waals surface area contributed by atoms with E-state index in [-0.39, 0.29) is 5.41 Å². The second-order valence-electron chi connectivity index (χ2n) is 4.54. The average molecular weight is 210 g/mol. The van der Waals surface area contributed by atoms with Crippen LogP contribution >= 0.6 is 0 Å². The minimum absolute atomic E-state index is 0.223. The largest absolute Gasteiger partial charge is 0.330 e. The molecule has 0 rings (SSSR count). The van der Waals surface area contributed by atoms with Gasteiger partial charge >= 0.3 is 0 Å². The van der Waals surface area contributed by atoms with E-state index in [2.05, 4.69) is 31.9 Å². The molecule has 2 N–H and O–H groups in total. The highest BCUT2D eigenvalue weighted by Crippen LogP contribution is 2.23. The van der Waals surface area contributed by atoms with Crippen molar-refractivity contribution in [2.24, 2.45) is 11.1 Å². The monoisotopic (exact) mass is 210 g/mol. The lowest BCUT2D eigenvalue weighted by Gasteiger charge is -2.33. The Labute approximate surface area is 94.8 Å². The molecule has 0 fully saturated rings. The Morgan fingerprint density at radius 3 is 2.13 bits per heavy atom. The quantitative estimate of drug-likeness (QED) is 0.592. The van der Waals surface area contributed by atoms with Crippen LogP contribution in [0.15, 0.2) is 25.3 Å². The lowest BCUT2D eigenvalue weighted by Crippen LogP contribution is -2.40. The summed E-state index contributed by atoms with van der Waals surface area (Å²) >= 11 is 0. The number of hydrogen-bond acceptors (Lipinski definition) is 2. The van der Waals surface area contributed by atoms with Crippen LogP contribution < -0.4 is 5.73 Å². The highest BCUT2D eigenvalue weighted by Gasteiger charge is 2.23. The Morgan fingerprint density at radius 2 is 1.80 bits per heavy atom. The van der Waals surface area contributed by atoms with E-state index < -0.39 is 0 Å². The number of hydrogen-bond donors (Lipinski definition) is 1. The van der Waals surface area contributed by atoms with Crippen LogP contribution in [0.3, 0.4) is 0 Å². The van der Waals surface area contributed by atoms with Gasteiger partial charge in [-0.05, 0) is 18.4 Å². The topological polar surface area (TPSA) is 29.3 Å². The van der Waals surface area contributed by atoms with Crippen LogP contribution in [-0.2, 0) is 0 Å². The summed E-state index contributed by atoms with van der Waals surface area (Å²) in [5.41, 5.74) is 6.08. The van der Waals surface area contributed by atoms with Crippen molar-refractivity contribution >= 4 is 0 Å². The van der Waals surface area contributed by atoms with E-state index >= 15 is 0 Å². The Balaban J connectivity index is 4.30. The first-order valence-corrected chi connectivity index (χ1v) is 5.76. The summed E-state index contributed by atoms with van der Waals surface area (Å²) in [6.07, 6.45) is 6.23. The first-order valence-electron chi connectivity index (χ1n) is 5.76. The fraction of sp³-hybridized carbons (Fsp3) is 0.692. The molecular formula is C13H26N2. The minimum atomic E-state index is 0.223. The van der Waals surface area contributed by atoms with Gasteiger partial charge < -0.3 is 5.73 Å². The maximum atomic E-state index is 5.86. The van der Waals surface area contributed by atoms with Crippen LogP contribution in [0.1, 0.15) is 26.7 Å². The molecule has 1 atom stereocenters. The Hall–Kier alpha value is -0.600. The first kappa shape index (κ1) is 14.4. The molecule has 0 aliphatic rings. The van der Waals surface area contributed by atoms with E-state index in [1.807, 2.05) is 12.2 Å². The smallest absolute Gasteiger partial charge is 0.0164 e. The van der Waals surface area contributed by atoms with Crippen LogP contribution in [0, 0.1) is 5.41 Å². The molecule has 15 heavy (non-hydrogen) atoms. The molecule has 0 spiro atoms. The van der Waals surface area contributed by atoms with Gasteiger partial charge in [0.15, 0.2) is 0 Å². The highest BCUT2D eigenvalue weighted by molar-refractivity contribution is 4.85. The van der Waals surface area contributed by atoms with Crippen molar-refractivity contribution in [1.82, 2.24) is 4.90 Å². The van der Waals surface area contributed by atoms with Crippen molar-refractivity contribution in [3.8, 4) is 0 Å². The molecule has 2 nitrogen and oxygen atoms in total. The molecule has 0 aromatic carbocycles. The molecule has 1 unspecified atom stereocenters. The molecule has 0 bridgehead atoms. The van der Waals surface area contributed by atoms with Gasteiger partial charge in [0.1, 0.15) is 0 Å². The molecule has 0 saturated carbocycles. The fourth-order valence-corrected chi connectivity index (χ4v) is 1.96. The predicted octanol–water partition coefficient (Wildman–Crippen LogP) is 2.43. The number of nitrogens with zero attached hydrogens (tertiary/aromatic N) is 1. The maximum Gasteiger partial charge on any atom is 0.0164 e. The second-order valence-corrected chi connectivity index (χ2v) is 4.54. The van der Waals surface area contributed by atoms with Crippen LogP contribution in [0.4, 0.5) is 0 Å². The summed E-state index contributed by atoms with van der Waals surface area (Å²) in [5, 5.41) is 0. The van der Waals surface area contributed by atoms with Gasteiger partial charge in [0.2, 0.25) is 0 Å². The first-order chi connectivity index (χ1) is 7.11. The van der Waals surface area contributed by atoms with Crippen molar-refractivity contribution in [1.29, 1.82) is 0 Å². The standard InChI is InChI=1S/C13H26N2/c1-5-8-13(4,11-14)12-15(9-6-2)10-7-3/h6-7H,2-3,5,8-12,14H2,1,4H3. The van der Waals surface area contributed by atoms with Gasteiger partial charge in [-0.15, -0.1) is 13.2 Å². The Kier molecular flexibility index (Phi) is 7.35. The van der Waals surface area contributed by atoms with Crippen LogP contribution in [0.25, 0.3) is 0 Å². The molecule has 0 saturated heterocycles. The van der Waals surface area contributed by atoms with Gasteiger partial charge in [-0.1, -0.05) is 32.4 Å². The van der Waals surface area contributed by atoms with Crippen molar-refractivity contribution in [3.63, 3.8) is 0 Å². The van der Waals surface area contributed by atoms with Crippen LogP contribution in [-0.4, -0.2) is 31.1 Å². The highest BCUT2D eigenvalue weighted by atomic mass is 15.1. The van der Waals surface area contributed by atoms with Gasteiger partial charge in [0.25, 0.3) is 0 Å². The average Bonchev–Trinajstić information content (AvgIpc) is 2.19. The maximum absolute atomic E-state index is 5.86. The molecule has 0 heterocycles. The molecule has 0 aromatic heterocycles. The third kappa shape index (κ3) is 5.75. The van der Waals surface area contributed by atoms with Crippen molar-refractivity contribution in [2.45, 2.75) is 26.7 Å². The zero-order chi connectivity index (χ0) is 11.7. The molecule has 0 aliphatic carbocycles. The molecule has 88 valence electrons. The minimum Gasteiger partial charge on any atom is -0.330 e. The summed E-state index contributed by atoms with van der Waals surface area (Å²) in [6, 6.07) is 0. The third-order valence-corrected chi connectivity index (χ3v) is 2.73. The SMILES string of the molecule is C=CCN(CC=C)CC(C)(CN)CCC. The Morgan fingerprint density at radius 1 is 1.27 bits per heavy atom. The summed E-state index contributed by atoms with van der Waals surface area (Å²) in [6.45, 7) is 15.6. The van der Waals surface area contributed by atoms with Gasteiger partial charge in [0, 0.05) is 19.6 Å². The molecular weight excluding hydrogens is 184 g/mol. The zero-order valence-corrected chi connectivity index (χ0v) is 10.3. The Bertz CT molecular complexity index is 179. The molecule has 2 heteroatoms. The predicted molar refractivity (Wildman–Crippen MR) is 68.9 cm³/mol. The molecule has 0 aliphatic heterocycles. The second kappa shape index (κ2) is 7.66. The van der Waals surface area contributed by atoms with Gasteiger partial charge in [-0.25, -0.2) is 0 Å². The number of rotatable bonds is 9. The van der Waals surface area contributed by atoms with Crippen molar-refractivity contribution in [3.05, 3.63) is 25.3 Å². The van der Waals surface area contributed by atoms with Crippen molar-refractivity contribution < 1.29 is 0 Å². The van der Waals surface area contributed by atoms with Crippen molar-refractivity contribution in [2.75, 3.05) is 26.2 Å². The number of nitrogens with two attached hydrogens (primary N) is 1. The van der Waals surface area contributed by atoms with E-state index in [4.69, 9.17) is 5.73 Å². The summed E-state index contributed by atoms with van der Waals surface area (Å²) in [7, 11) is 0. The van der Waals surface area contributed by atoms with Gasteiger partial charge in [-0.2, -0.15) is 0 Å². The van der Waals surface area contributed by atoms with Crippen LogP contribution in [0.5, 0.6) is 0 Å². The fourth-order valence-electron chi connectivity index (χ4n) is 1.96. The zero-order valence-electron chi connectivity index (χ0n) is 10.3. The van der Waals surface area contributed by atoms with Gasteiger partial charge in [0.05, 0.1) is 0 Å². The third-order valence-electron chi connectivity index (χ3n) is 2.73. The molecule has 0 radical (unpaired) electrons. The molecule has 0 aromatic rings. The van der Waals surface area contributed by atoms with E-state index in [0.29, 0.717) is 0 Å². The van der Waals surface area contributed by atoms with Crippen LogP contribution in [0.2, 0.25) is 0 Å².